The largest absolute Gasteiger partial charge is 0.491 e. The summed E-state index contributed by atoms with van der Waals surface area (Å²) in [6.07, 6.45) is 3.73. The van der Waals surface area contributed by atoms with Gasteiger partial charge in [0.2, 0.25) is 0 Å². The van der Waals surface area contributed by atoms with Crippen molar-refractivity contribution in [3.8, 4) is 5.75 Å². The number of halogens is 1. The molecule has 0 aliphatic rings. The zero-order chi connectivity index (χ0) is 13.7. The average molecular weight is 281 g/mol. The third-order valence-corrected chi connectivity index (χ3v) is 3.06. The van der Waals surface area contributed by atoms with Crippen LogP contribution in [-0.2, 0) is 6.54 Å². The summed E-state index contributed by atoms with van der Waals surface area (Å²) in [6, 6.07) is 7.06. The van der Waals surface area contributed by atoms with E-state index in [1.54, 1.807) is 18.5 Å². The van der Waals surface area contributed by atoms with E-state index in [4.69, 9.17) is 22.2 Å². The van der Waals surface area contributed by atoms with Gasteiger partial charge in [0, 0.05) is 17.8 Å². The number of imidazole rings is 1. The molecule has 0 fully saturated rings. The number of nitrogens with two attached hydrogens (primary N) is 1. The molecule has 1 aromatic carbocycles. The van der Waals surface area contributed by atoms with Crippen molar-refractivity contribution in [3.05, 3.63) is 47.5 Å². The van der Waals surface area contributed by atoms with Gasteiger partial charge < -0.3 is 9.30 Å². The third kappa shape index (κ3) is 3.70. The molecule has 3 N–H and O–H groups in total. The van der Waals surface area contributed by atoms with E-state index in [1.165, 1.54) is 0 Å². The van der Waals surface area contributed by atoms with Crippen molar-refractivity contribution >= 4 is 11.6 Å². The van der Waals surface area contributed by atoms with E-state index in [9.17, 15) is 0 Å². The van der Waals surface area contributed by atoms with Gasteiger partial charge in [0.1, 0.15) is 12.4 Å². The second-order valence-electron chi connectivity index (χ2n) is 4.11. The molecular weight excluding hydrogens is 264 g/mol. The van der Waals surface area contributed by atoms with Gasteiger partial charge >= 0.3 is 0 Å². The molecule has 0 aliphatic heterocycles. The van der Waals surface area contributed by atoms with E-state index < -0.39 is 0 Å². The first-order valence-electron chi connectivity index (χ1n) is 6.09. The van der Waals surface area contributed by atoms with Gasteiger partial charge in [-0.15, -0.1) is 0 Å². The first-order valence-corrected chi connectivity index (χ1v) is 6.47. The Hall–Kier alpha value is -1.56. The van der Waals surface area contributed by atoms with Gasteiger partial charge in [0.05, 0.1) is 18.1 Å². The molecule has 0 saturated carbocycles. The molecule has 0 spiro atoms. The van der Waals surface area contributed by atoms with Gasteiger partial charge in [0.15, 0.2) is 0 Å². The number of rotatable bonds is 6. The molecule has 0 saturated heterocycles. The Morgan fingerprint density at radius 3 is 2.74 bits per heavy atom. The van der Waals surface area contributed by atoms with Crippen LogP contribution in [0.15, 0.2) is 36.8 Å². The number of hydrogen-bond donors (Lipinski definition) is 2. The number of aromatic nitrogens is 2. The quantitative estimate of drug-likeness (QED) is 0.628. The van der Waals surface area contributed by atoms with Crippen molar-refractivity contribution in [2.24, 2.45) is 5.84 Å². The second kappa shape index (κ2) is 6.56. The molecule has 1 atom stereocenters. The number of nitrogens with one attached hydrogen (secondary N) is 1. The van der Waals surface area contributed by atoms with Gasteiger partial charge in [-0.1, -0.05) is 11.6 Å². The maximum atomic E-state index is 5.82. The summed E-state index contributed by atoms with van der Waals surface area (Å²) in [5.74, 6) is 6.29. The predicted octanol–water partition coefficient (Wildman–Crippen LogP) is 2.14. The predicted molar refractivity (Wildman–Crippen MR) is 74.9 cm³/mol. The summed E-state index contributed by atoms with van der Waals surface area (Å²) in [5, 5.41) is 0.683. The minimum atomic E-state index is -0.150. The Bertz CT molecular complexity index is 512. The van der Waals surface area contributed by atoms with Crippen molar-refractivity contribution in [2.45, 2.75) is 19.5 Å². The second-order valence-corrected chi connectivity index (χ2v) is 4.55. The molecule has 0 bridgehead atoms. The monoisotopic (exact) mass is 280 g/mol. The number of hydrogen-bond acceptors (Lipinski definition) is 4. The Morgan fingerprint density at radius 1 is 1.42 bits per heavy atom. The highest BCUT2D eigenvalue weighted by Crippen LogP contribution is 2.17. The van der Waals surface area contributed by atoms with Gasteiger partial charge in [0.25, 0.3) is 0 Å². The summed E-state index contributed by atoms with van der Waals surface area (Å²) in [4.78, 5) is 4.30. The molecule has 0 amide bonds. The van der Waals surface area contributed by atoms with E-state index in [0.717, 1.165) is 18.0 Å². The molecule has 2 rings (SSSR count). The summed E-state index contributed by atoms with van der Waals surface area (Å²) in [5.41, 5.74) is 3.57. The smallest absolute Gasteiger partial charge is 0.119 e. The molecule has 19 heavy (non-hydrogen) atoms. The van der Waals surface area contributed by atoms with Gasteiger partial charge in [-0.3, -0.25) is 5.84 Å². The minimum absolute atomic E-state index is 0.150. The molecular formula is C13H17ClN4O. The fourth-order valence-electron chi connectivity index (χ4n) is 1.66. The van der Waals surface area contributed by atoms with E-state index in [1.807, 2.05) is 22.9 Å². The summed E-state index contributed by atoms with van der Waals surface area (Å²) in [6.45, 7) is 3.34. The average Bonchev–Trinajstić information content (AvgIpc) is 2.90. The highest BCUT2D eigenvalue weighted by Gasteiger charge is 2.13. The van der Waals surface area contributed by atoms with Crippen LogP contribution in [0.5, 0.6) is 5.75 Å². The Balaban J connectivity index is 1.97. The molecule has 1 heterocycles. The van der Waals surface area contributed by atoms with Crippen LogP contribution >= 0.6 is 11.6 Å². The van der Waals surface area contributed by atoms with E-state index >= 15 is 0 Å². The first kappa shape index (κ1) is 13.9. The summed E-state index contributed by atoms with van der Waals surface area (Å²) >= 11 is 5.82. The normalized spacial score (nSPS) is 12.4. The summed E-state index contributed by atoms with van der Waals surface area (Å²) in [7, 11) is 0. The molecule has 5 nitrogen and oxygen atoms in total. The fourth-order valence-corrected chi connectivity index (χ4v) is 1.79. The molecule has 6 heteroatoms. The maximum Gasteiger partial charge on any atom is 0.119 e. The molecule has 0 aliphatic carbocycles. The lowest BCUT2D eigenvalue weighted by molar-refractivity contribution is 0.265. The van der Waals surface area contributed by atoms with Crippen LogP contribution in [-0.4, -0.2) is 16.2 Å². The van der Waals surface area contributed by atoms with Crippen molar-refractivity contribution in [3.63, 3.8) is 0 Å². The fraction of sp³-hybridized carbons (Fsp3) is 0.308. The van der Waals surface area contributed by atoms with Gasteiger partial charge in [-0.2, -0.15) is 0 Å². The molecule has 1 aromatic heterocycles. The number of benzene rings is 1. The standard InChI is InChI=1S/C13H17ClN4O/c1-2-18-7-12(16-9-18)13(17-15)8-19-11-5-3-10(14)4-6-11/h3-7,9,13,17H,2,8,15H2,1H3. The Labute approximate surface area is 117 Å². The van der Waals surface area contributed by atoms with Crippen molar-refractivity contribution < 1.29 is 4.74 Å². The van der Waals surface area contributed by atoms with Crippen LogP contribution in [0.1, 0.15) is 18.7 Å². The molecule has 102 valence electrons. The van der Waals surface area contributed by atoms with Crippen LogP contribution in [0.4, 0.5) is 0 Å². The lowest BCUT2D eigenvalue weighted by Crippen LogP contribution is -2.32. The third-order valence-electron chi connectivity index (χ3n) is 2.81. The van der Waals surface area contributed by atoms with Crippen molar-refractivity contribution in [2.75, 3.05) is 6.61 Å². The summed E-state index contributed by atoms with van der Waals surface area (Å²) < 4.78 is 7.65. The number of ether oxygens (including phenoxy) is 1. The Morgan fingerprint density at radius 2 is 2.16 bits per heavy atom. The van der Waals surface area contributed by atoms with Crippen molar-refractivity contribution in [1.29, 1.82) is 0 Å². The SMILES string of the molecule is CCn1cnc(C(COc2ccc(Cl)cc2)NN)c1. The Kier molecular flexibility index (Phi) is 4.79. The molecule has 0 radical (unpaired) electrons. The van der Waals surface area contributed by atoms with E-state index in [0.29, 0.717) is 11.6 Å². The van der Waals surface area contributed by atoms with Crippen LogP contribution in [0, 0.1) is 0 Å². The zero-order valence-corrected chi connectivity index (χ0v) is 11.5. The maximum absolute atomic E-state index is 5.82. The number of hydrazine groups is 1. The topological polar surface area (TPSA) is 65.1 Å². The van der Waals surface area contributed by atoms with Crippen LogP contribution in [0.25, 0.3) is 0 Å². The highest BCUT2D eigenvalue weighted by atomic mass is 35.5. The lowest BCUT2D eigenvalue weighted by atomic mass is 10.2. The van der Waals surface area contributed by atoms with Crippen LogP contribution in [0.2, 0.25) is 5.02 Å². The number of nitrogens with zero attached hydrogens (tertiary/aromatic N) is 2. The van der Waals surface area contributed by atoms with E-state index in [2.05, 4.69) is 17.3 Å². The molecule has 2 aromatic rings. The van der Waals surface area contributed by atoms with Crippen LogP contribution in [0.3, 0.4) is 0 Å². The van der Waals surface area contributed by atoms with Gasteiger partial charge in [-0.05, 0) is 31.2 Å². The van der Waals surface area contributed by atoms with Gasteiger partial charge in [-0.25, -0.2) is 10.4 Å². The van der Waals surface area contributed by atoms with E-state index in [-0.39, 0.29) is 6.04 Å². The first-order chi connectivity index (χ1) is 9.22. The molecule has 1 unspecified atom stereocenters. The highest BCUT2D eigenvalue weighted by molar-refractivity contribution is 6.30. The minimum Gasteiger partial charge on any atom is -0.491 e. The zero-order valence-electron chi connectivity index (χ0n) is 10.7. The number of aryl methyl sites for hydroxylation is 1. The van der Waals surface area contributed by atoms with Crippen LogP contribution < -0.4 is 16.0 Å². The lowest BCUT2D eigenvalue weighted by Gasteiger charge is -2.14. The van der Waals surface area contributed by atoms with Crippen molar-refractivity contribution in [1.82, 2.24) is 15.0 Å².